The van der Waals surface area contributed by atoms with Gasteiger partial charge in [0.15, 0.2) is 5.82 Å². The fourth-order valence-electron chi connectivity index (χ4n) is 4.03. The highest BCUT2D eigenvalue weighted by atomic mass is 32.2. The molecule has 4 rings (SSSR count). The third-order valence-corrected chi connectivity index (χ3v) is 6.70. The Labute approximate surface area is 193 Å². The quantitative estimate of drug-likeness (QED) is 0.566. The number of benzene rings is 2. The lowest BCUT2D eigenvalue weighted by Crippen LogP contribution is -2.38. The molecule has 0 spiro atoms. The summed E-state index contributed by atoms with van der Waals surface area (Å²) in [6, 6.07) is 11.8. The van der Waals surface area contributed by atoms with Crippen molar-refractivity contribution in [3.8, 4) is 5.69 Å². The van der Waals surface area contributed by atoms with Crippen molar-refractivity contribution in [1.82, 2.24) is 19.7 Å². The zero-order chi connectivity index (χ0) is 23.6. The van der Waals surface area contributed by atoms with Crippen LogP contribution in [0.4, 0.5) is 4.39 Å². The molecule has 1 aliphatic rings. The maximum absolute atomic E-state index is 15.0. The third kappa shape index (κ3) is 5.64. The number of sulfonamides is 1. The number of hydrogen-bond donors (Lipinski definition) is 1. The highest BCUT2D eigenvalue weighted by molar-refractivity contribution is 7.89. The maximum Gasteiger partial charge on any atom is 0.238 e. The first-order valence-electron chi connectivity index (χ1n) is 10.8. The van der Waals surface area contributed by atoms with Crippen LogP contribution >= 0.6 is 0 Å². The molecule has 1 aliphatic heterocycles. The number of nitrogens with two attached hydrogens (primary N) is 1. The van der Waals surface area contributed by atoms with Gasteiger partial charge >= 0.3 is 0 Å². The number of ether oxygens (including phenoxy) is 1. The lowest BCUT2D eigenvalue weighted by atomic mass is 10.1. The summed E-state index contributed by atoms with van der Waals surface area (Å²) >= 11 is 0. The lowest BCUT2D eigenvalue weighted by molar-refractivity contribution is 0.0242. The van der Waals surface area contributed by atoms with Gasteiger partial charge < -0.3 is 4.74 Å². The predicted octanol–water partition coefficient (Wildman–Crippen LogP) is 2.56. The first-order valence-corrected chi connectivity index (χ1v) is 12.4. The van der Waals surface area contributed by atoms with Gasteiger partial charge in [0.2, 0.25) is 10.0 Å². The molecule has 3 aromatic rings. The van der Waals surface area contributed by atoms with Crippen molar-refractivity contribution in [2.24, 2.45) is 5.14 Å². The molecule has 1 aromatic heterocycles. The molecular formula is C23H28FN5O3S. The van der Waals surface area contributed by atoms with Crippen LogP contribution < -0.4 is 5.14 Å². The third-order valence-electron chi connectivity index (χ3n) is 5.79. The number of rotatable bonds is 7. The van der Waals surface area contributed by atoms with Gasteiger partial charge in [0.05, 0.1) is 18.0 Å². The average molecular weight is 474 g/mol. The molecule has 0 bridgehead atoms. The molecule has 0 aliphatic carbocycles. The Morgan fingerprint density at radius 3 is 2.76 bits per heavy atom. The van der Waals surface area contributed by atoms with E-state index in [1.165, 1.54) is 16.8 Å². The van der Waals surface area contributed by atoms with Gasteiger partial charge in [-0.25, -0.2) is 27.6 Å². The number of hydrogen-bond acceptors (Lipinski definition) is 6. The zero-order valence-corrected chi connectivity index (χ0v) is 19.6. The normalized spacial score (nSPS) is 16.9. The summed E-state index contributed by atoms with van der Waals surface area (Å²) in [7, 11) is -2.01. The molecule has 176 valence electrons. The number of primary sulfonamides is 1. The van der Waals surface area contributed by atoms with Gasteiger partial charge in [-0.2, -0.15) is 0 Å². The van der Waals surface area contributed by atoms with Crippen LogP contribution in [0.25, 0.3) is 5.69 Å². The van der Waals surface area contributed by atoms with Gasteiger partial charge in [0.25, 0.3) is 0 Å². The van der Waals surface area contributed by atoms with Crippen LogP contribution in [0.3, 0.4) is 0 Å². The van der Waals surface area contributed by atoms with Crippen molar-refractivity contribution in [1.29, 1.82) is 0 Å². The molecule has 2 aromatic carbocycles. The van der Waals surface area contributed by atoms with E-state index < -0.39 is 15.8 Å². The van der Waals surface area contributed by atoms with Crippen LogP contribution in [0.5, 0.6) is 0 Å². The SMILES string of the molecule is Cc1cccc(Cc2nc(CN(C)C3CCCOC3)nn2-c2ccc(S(N)(=O)=O)cc2F)c1. The van der Waals surface area contributed by atoms with Gasteiger partial charge in [-0.15, -0.1) is 5.10 Å². The molecule has 1 atom stereocenters. The van der Waals surface area contributed by atoms with Gasteiger partial charge in [0, 0.05) is 19.1 Å². The van der Waals surface area contributed by atoms with Crippen molar-refractivity contribution in [3.63, 3.8) is 0 Å². The van der Waals surface area contributed by atoms with E-state index in [2.05, 4.69) is 10.00 Å². The van der Waals surface area contributed by atoms with Gasteiger partial charge in [-0.05, 0) is 50.6 Å². The first-order chi connectivity index (χ1) is 15.7. The topological polar surface area (TPSA) is 103 Å². The molecule has 1 fully saturated rings. The van der Waals surface area contributed by atoms with E-state index in [1.54, 1.807) is 0 Å². The Morgan fingerprint density at radius 1 is 1.27 bits per heavy atom. The van der Waals surface area contributed by atoms with Crippen LogP contribution in [0.1, 0.15) is 35.6 Å². The first kappa shape index (κ1) is 23.5. The largest absolute Gasteiger partial charge is 0.380 e. The van der Waals surface area contributed by atoms with E-state index in [0.29, 0.717) is 31.2 Å². The zero-order valence-electron chi connectivity index (χ0n) is 18.7. The van der Waals surface area contributed by atoms with E-state index in [-0.39, 0.29) is 16.6 Å². The molecule has 2 heterocycles. The Balaban J connectivity index is 1.69. The smallest absolute Gasteiger partial charge is 0.238 e. The minimum absolute atomic E-state index is 0.118. The summed E-state index contributed by atoms with van der Waals surface area (Å²) in [5.41, 5.74) is 2.25. The molecule has 2 N–H and O–H groups in total. The Hall–Kier alpha value is -2.66. The number of likely N-dealkylation sites (N-methyl/N-ethyl adjacent to an activating group) is 1. The van der Waals surface area contributed by atoms with Crippen molar-refractivity contribution in [3.05, 3.63) is 71.1 Å². The van der Waals surface area contributed by atoms with Crippen LogP contribution in [0, 0.1) is 12.7 Å². The molecule has 0 saturated carbocycles. The predicted molar refractivity (Wildman–Crippen MR) is 122 cm³/mol. The second-order valence-electron chi connectivity index (χ2n) is 8.47. The van der Waals surface area contributed by atoms with Crippen LogP contribution in [0.15, 0.2) is 47.4 Å². The molecular weight excluding hydrogens is 445 g/mol. The van der Waals surface area contributed by atoms with Crippen molar-refractivity contribution in [2.75, 3.05) is 20.3 Å². The average Bonchev–Trinajstić information content (AvgIpc) is 3.15. The summed E-state index contributed by atoms with van der Waals surface area (Å²) in [5, 5.41) is 9.73. The van der Waals surface area contributed by atoms with Crippen molar-refractivity contribution in [2.45, 2.75) is 43.7 Å². The molecule has 1 unspecified atom stereocenters. The van der Waals surface area contributed by atoms with Crippen LogP contribution in [-0.2, 0) is 27.7 Å². The summed E-state index contributed by atoms with van der Waals surface area (Å²) in [4.78, 5) is 6.58. The van der Waals surface area contributed by atoms with Gasteiger partial charge in [-0.3, -0.25) is 4.90 Å². The van der Waals surface area contributed by atoms with Crippen molar-refractivity contribution < 1.29 is 17.5 Å². The van der Waals surface area contributed by atoms with E-state index in [0.717, 1.165) is 36.6 Å². The second kappa shape index (κ2) is 9.68. The minimum atomic E-state index is -4.01. The Kier molecular flexibility index (Phi) is 6.89. The summed E-state index contributed by atoms with van der Waals surface area (Å²) in [6.07, 6.45) is 2.50. The number of nitrogens with zero attached hydrogens (tertiary/aromatic N) is 4. The maximum atomic E-state index is 15.0. The lowest BCUT2D eigenvalue weighted by Gasteiger charge is -2.30. The highest BCUT2D eigenvalue weighted by Gasteiger charge is 2.22. The molecule has 33 heavy (non-hydrogen) atoms. The van der Waals surface area contributed by atoms with E-state index >= 15 is 0 Å². The molecule has 8 nitrogen and oxygen atoms in total. The fraction of sp³-hybridized carbons (Fsp3) is 0.391. The molecule has 0 amide bonds. The monoisotopic (exact) mass is 473 g/mol. The highest BCUT2D eigenvalue weighted by Crippen LogP contribution is 2.21. The minimum Gasteiger partial charge on any atom is -0.380 e. The number of aromatic nitrogens is 3. The number of aryl methyl sites for hydroxylation is 1. The Bertz CT molecular complexity index is 1240. The summed E-state index contributed by atoms with van der Waals surface area (Å²) in [6.45, 7) is 3.94. The molecule has 1 saturated heterocycles. The molecule has 0 radical (unpaired) electrons. The van der Waals surface area contributed by atoms with E-state index in [9.17, 15) is 12.8 Å². The summed E-state index contributed by atoms with van der Waals surface area (Å²) in [5.74, 6) is 0.379. The Morgan fingerprint density at radius 2 is 2.09 bits per heavy atom. The van der Waals surface area contributed by atoms with E-state index in [4.69, 9.17) is 14.9 Å². The van der Waals surface area contributed by atoms with Crippen LogP contribution in [0.2, 0.25) is 0 Å². The molecule has 10 heteroatoms. The second-order valence-corrected chi connectivity index (χ2v) is 10.0. The summed E-state index contributed by atoms with van der Waals surface area (Å²) < 4.78 is 45.2. The fourth-order valence-corrected chi connectivity index (χ4v) is 4.56. The van der Waals surface area contributed by atoms with Gasteiger partial charge in [-0.1, -0.05) is 29.8 Å². The van der Waals surface area contributed by atoms with E-state index in [1.807, 2.05) is 38.2 Å². The number of halogens is 1. The van der Waals surface area contributed by atoms with Gasteiger partial charge in [0.1, 0.15) is 17.3 Å². The van der Waals surface area contributed by atoms with Crippen molar-refractivity contribution >= 4 is 10.0 Å². The van der Waals surface area contributed by atoms with Crippen LogP contribution in [-0.4, -0.2) is 54.4 Å². The standard InChI is InChI=1S/C23H28FN5O3S/c1-16-5-3-6-17(11-16)12-23-26-22(14-28(2)18-7-4-10-32-15-18)27-29(23)21-9-8-19(13-20(21)24)33(25,30)31/h3,5-6,8-9,11,13,18H,4,7,10,12,14-15H2,1-2H3,(H2,25,30,31).